The van der Waals surface area contributed by atoms with Gasteiger partial charge in [0.1, 0.15) is 0 Å². The van der Waals surface area contributed by atoms with E-state index in [2.05, 4.69) is 10.3 Å². The second kappa shape index (κ2) is 7.87. The Kier molecular flexibility index (Phi) is 6.25. The number of aryl methyl sites for hydroxylation is 1. The lowest BCUT2D eigenvalue weighted by Gasteiger charge is -2.05. The zero-order valence-electron chi connectivity index (χ0n) is 9.69. The zero-order chi connectivity index (χ0) is 11.6. The number of ether oxygens (including phenoxy) is 1. The molecule has 5 nitrogen and oxygen atoms in total. The quantitative estimate of drug-likeness (QED) is 0.666. The highest BCUT2D eigenvalue weighted by molar-refractivity contribution is 5.75. The van der Waals surface area contributed by atoms with Crippen LogP contribution in [0.1, 0.15) is 19.8 Å². The number of amides is 1. The maximum Gasteiger partial charge on any atom is 0.222 e. The van der Waals surface area contributed by atoms with Crippen LogP contribution in [-0.2, 0) is 16.1 Å². The first-order valence-corrected chi connectivity index (χ1v) is 5.63. The average Bonchev–Trinajstić information content (AvgIpc) is 2.78. The van der Waals surface area contributed by atoms with Gasteiger partial charge in [0.05, 0.1) is 12.9 Å². The van der Waals surface area contributed by atoms with Crippen LogP contribution >= 0.6 is 0 Å². The Hall–Kier alpha value is -1.36. The van der Waals surface area contributed by atoms with Gasteiger partial charge in [0, 0.05) is 38.5 Å². The molecule has 1 aromatic heterocycles. The molecule has 1 amide bonds. The Balaban J connectivity index is 1.96. The number of carbonyl (C=O) groups excluding carboxylic acids is 1. The largest absolute Gasteiger partial charge is 0.381 e. The van der Waals surface area contributed by atoms with Crippen molar-refractivity contribution in [2.24, 2.45) is 0 Å². The van der Waals surface area contributed by atoms with Crippen LogP contribution in [0.5, 0.6) is 0 Å². The van der Waals surface area contributed by atoms with E-state index in [4.69, 9.17) is 4.74 Å². The molecule has 0 aliphatic carbocycles. The van der Waals surface area contributed by atoms with E-state index in [0.29, 0.717) is 26.2 Å². The van der Waals surface area contributed by atoms with E-state index in [9.17, 15) is 4.79 Å². The van der Waals surface area contributed by atoms with Crippen LogP contribution in [0.3, 0.4) is 0 Å². The van der Waals surface area contributed by atoms with Gasteiger partial charge in [0.25, 0.3) is 0 Å². The summed E-state index contributed by atoms with van der Waals surface area (Å²) in [6, 6.07) is 0. The van der Waals surface area contributed by atoms with Crippen LogP contribution in [0.15, 0.2) is 18.7 Å². The van der Waals surface area contributed by atoms with Crippen LogP contribution in [0, 0.1) is 0 Å². The van der Waals surface area contributed by atoms with Crippen LogP contribution in [0.4, 0.5) is 0 Å². The Morgan fingerprint density at radius 2 is 2.44 bits per heavy atom. The normalized spacial score (nSPS) is 10.3. The first kappa shape index (κ1) is 12.7. The summed E-state index contributed by atoms with van der Waals surface area (Å²) in [6.07, 6.45) is 6.80. The summed E-state index contributed by atoms with van der Waals surface area (Å²) in [5.41, 5.74) is 0. The summed E-state index contributed by atoms with van der Waals surface area (Å²) >= 11 is 0. The third-order valence-electron chi connectivity index (χ3n) is 2.15. The van der Waals surface area contributed by atoms with Crippen LogP contribution in [-0.4, -0.2) is 35.2 Å². The van der Waals surface area contributed by atoms with Crippen molar-refractivity contribution in [2.45, 2.75) is 26.3 Å². The summed E-state index contributed by atoms with van der Waals surface area (Å²) in [5, 5.41) is 2.85. The minimum Gasteiger partial charge on any atom is -0.381 e. The lowest BCUT2D eigenvalue weighted by atomic mass is 10.3. The van der Waals surface area contributed by atoms with E-state index in [0.717, 1.165) is 13.0 Å². The molecule has 0 unspecified atom stereocenters. The van der Waals surface area contributed by atoms with E-state index in [1.165, 1.54) is 0 Å². The molecule has 5 heteroatoms. The van der Waals surface area contributed by atoms with Crippen molar-refractivity contribution in [3.05, 3.63) is 18.7 Å². The number of rotatable bonds is 8. The lowest BCUT2D eigenvalue weighted by Crippen LogP contribution is -2.26. The fourth-order valence-electron chi connectivity index (χ4n) is 1.31. The molecule has 1 N–H and O–H groups in total. The van der Waals surface area contributed by atoms with E-state index >= 15 is 0 Å². The minimum atomic E-state index is 0.0547. The second-order valence-corrected chi connectivity index (χ2v) is 3.45. The highest BCUT2D eigenvalue weighted by Gasteiger charge is 1.99. The maximum atomic E-state index is 11.3. The van der Waals surface area contributed by atoms with Crippen LogP contribution < -0.4 is 5.32 Å². The van der Waals surface area contributed by atoms with Gasteiger partial charge >= 0.3 is 0 Å². The fourth-order valence-corrected chi connectivity index (χ4v) is 1.31. The molecule has 16 heavy (non-hydrogen) atoms. The van der Waals surface area contributed by atoms with Crippen molar-refractivity contribution in [3.8, 4) is 0 Å². The number of hydrogen-bond acceptors (Lipinski definition) is 3. The van der Waals surface area contributed by atoms with Gasteiger partial charge in [-0.15, -0.1) is 0 Å². The van der Waals surface area contributed by atoms with Crippen molar-refractivity contribution in [1.82, 2.24) is 14.9 Å². The standard InChI is InChI=1S/C11H19N3O2/c1-2-16-9-4-11(15)13-5-3-7-14-8-6-12-10-14/h6,8,10H,2-5,7,9H2,1H3,(H,13,15). The van der Waals surface area contributed by atoms with Crippen LogP contribution in [0.25, 0.3) is 0 Å². The van der Waals surface area contributed by atoms with Gasteiger partial charge in [0.2, 0.25) is 5.91 Å². The Labute approximate surface area is 95.8 Å². The van der Waals surface area contributed by atoms with E-state index in [-0.39, 0.29) is 5.91 Å². The monoisotopic (exact) mass is 225 g/mol. The van der Waals surface area contributed by atoms with Crippen molar-refractivity contribution in [2.75, 3.05) is 19.8 Å². The van der Waals surface area contributed by atoms with Gasteiger partial charge < -0.3 is 14.6 Å². The molecule has 0 aromatic carbocycles. The molecule has 0 saturated heterocycles. The summed E-state index contributed by atoms with van der Waals surface area (Å²) < 4.78 is 7.09. The molecule has 1 rings (SSSR count). The van der Waals surface area contributed by atoms with Crippen molar-refractivity contribution >= 4 is 5.91 Å². The van der Waals surface area contributed by atoms with Crippen molar-refractivity contribution < 1.29 is 9.53 Å². The van der Waals surface area contributed by atoms with Crippen LogP contribution in [0.2, 0.25) is 0 Å². The second-order valence-electron chi connectivity index (χ2n) is 3.45. The molecular formula is C11H19N3O2. The number of imidazole rings is 1. The molecule has 0 aliphatic rings. The number of hydrogen-bond donors (Lipinski definition) is 1. The average molecular weight is 225 g/mol. The molecule has 0 bridgehead atoms. The molecule has 0 fully saturated rings. The Bertz CT molecular complexity index is 285. The molecule has 0 atom stereocenters. The molecule has 90 valence electrons. The van der Waals surface area contributed by atoms with Gasteiger partial charge in [0.15, 0.2) is 0 Å². The zero-order valence-corrected chi connectivity index (χ0v) is 9.69. The van der Waals surface area contributed by atoms with E-state index in [1.54, 1.807) is 12.5 Å². The summed E-state index contributed by atoms with van der Waals surface area (Å²) in [7, 11) is 0. The van der Waals surface area contributed by atoms with Gasteiger partial charge in [-0.3, -0.25) is 4.79 Å². The molecular weight excluding hydrogens is 206 g/mol. The third-order valence-corrected chi connectivity index (χ3v) is 2.15. The van der Waals surface area contributed by atoms with Gasteiger partial charge in [-0.05, 0) is 13.3 Å². The smallest absolute Gasteiger partial charge is 0.222 e. The summed E-state index contributed by atoms with van der Waals surface area (Å²) in [4.78, 5) is 15.2. The third kappa shape index (κ3) is 5.50. The number of aromatic nitrogens is 2. The summed E-state index contributed by atoms with van der Waals surface area (Å²) in [6.45, 7) is 4.66. The predicted molar refractivity (Wildman–Crippen MR) is 61.0 cm³/mol. The maximum absolute atomic E-state index is 11.3. The molecule has 0 saturated carbocycles. The van der Waals surface area contributed by atoms with E-state index < -0.39 is 0 Å². The number of nitrogens with zero attached hydrogens (tertiary/aromatic N) is 2. The van der Waals surface area contributed by atoms with Gasteiger partial charge in [-0.25, -0.2) is 4.98 Å². The highest BCUT2D eigenvalue weighted by Crippen LogP contribution is 1.89. The molecule has 0 spiro atoms. The first-order valence-electron chi connectivity index (χ1n) is 5.63. The predicted octanol–water partition coefficient (Wildman–Crippen LogP) is 0.816. The first-order chi connectivity index (χ1) is 7.83. The minimum absolute atomic E-state index is 0.0547. The summed E-state index contributed by atoms with van der Waals surface area (Å²) in [5.74, 6) is 0.0547. The molecule has 0 radical (unpaired) electrons. The van der Waals surface area contributed by atoms with Gasteiger partial charge in [-0.1, -0.05) is 0 Å². The lowest BCUT2D eigenvalue weighted by molar-refractivity contribution is -0.122. The van der Waals surface area contributed by atoms with Crippen molar-refractivity contribution in [1.29, 1.82) is 0 Å². The Morgan fingerprint density at radius 3 is 3.12 bits per heavy atom. The van der Waals surface area contributed by atoms with E-state index in [1.807, 2.05) is 17.7 Å². The molecule has 1 heterocycles. The SMILES string of the molecule is CCOCCC(=O)NCCCn1ccnc1. The van der Waals surface area contributed by atoms with Gasteiger partial charge in [-0.2, -0.15) is 0 Å². The number of nitrogens with one attached hydrogen (secondary N) is 1. The fraction of sp³-hybridized carbons (Fsp3) is 0.636. The molecule has 0 aliphatic heterocycles. The topological polar surface area (TPSA) is 56.1 Å². The number of carbonyl (C=O) groups is 1. The highest BCUT2D eigenvalue weighted by atomic mass is 16.5. The Morgan fingerprint density at radius 1 is 1.56 bits per heavy atom. The van der Waals surface area contributed by atoms with Crippen molar-refractivity contribution in [3.63, 3.8) is 0 Å². The molecule has 1 aromatic rings.